The summed E-state index contributed by atoms with van der Waals surface area (Å²) in [5, 5.41) is 3.37. The first kappa shape index (κ1) is 15.8. The quantitative estimate of drug-likeness (QED) is 0.771. The fraction of sp³-hybridized carbons (Fsp3) is 0.500. The minimum absolute atomic E-state index is 0.346. The SMILES string of the molecule is COC(=O)c1cc(Br)cc(Br)c1NCC1CCOCC1. The lowest BCUT2D eigenvalue weighted by Gasteiger charge is -2.23. The number of hydrogen-bond donors (Lipinski definition) is 1. The van der Waals surface area contributed by atoms with Crippen LogP contribution in [0.2, 0.25) is 0 Å². The topological polar surface area (TPSA) is 47.6 Å². The lowest BCUT2D eigenvalue weighted by Crippen LogP contribution is -2.23. The van der Waals surface area contributed by atoms with E-state index in [9.17, 15) is 4.79 Å². The molecule has 4 nitrogen and oxygen atoms in total. The summed E-state index contributed by atoms with van der Waals surface area (Å²) >= 11 is 6.89. The molecule has 1 fully saturated rings. The van der Waals surface area contributed by atoms with Crippen molar-refractivity contribution in [2.75, 3.05) is 32.2 Å². The van der Waals surface area contributed by atoms with Crippen molar-refractivity contribution >= 4 is 43.5 Å². The molecule has 0 aliphatic carbocycles. The van der Waals surface area contributed by atoms with Crippen LogP contribution in [0.4, 0.5) is 5.69 Å². The standard InChI is InChI=1S/C14H17Br2NO3/c1-19-14(18)11-6-10(15)7-12(16)13(11)17-8-9-2-4-20-5-3-9/h6-7,9,17H,2-5,8H2,1H3. The summed E-state index contributed by atoms with van der Waals surface area (Å²) in [6, 6.07) is 3.68. The smallest absolute Gasteiger partial charge is 0.340 e. The average molecular weight is 407 g/mol. The zero-order chi connectivity index (χ0) is 14.5. The van der Waals surface area contributed by atoms with E-state index < -0.39 is 0 Å². The van der Waals surface area contributed by atoms with Crippen molar-refractivity contribution in [1.29, 1.82) is 0 Å². The molecule has 0 saturated carbocycles. The maximum Gasteiger partial charge on any atom is 0.340 e. The van der Waals surface area contributed by atoms with Crippen LogP contribution in [0.15, 0.2) is 21.1 Å². The largest absolute Gasteiger partial charge is 0.465 e. The Kier molecular flexibility index (Phi) is 5.86. The number of carbonyl (C=O) groups excluding carboxylic acids is 1. The van der Waals surface area contributed by atoms with Crippen molar-refractivity contribution in [3.63, 3.8) is 0 Å². The normalized spacial score (nSPS) is 15.9. The van der Waals surface area contributed by atoms with Crippen LogP contribution >= 0.6 is 31.9 Å². The van der Waals surface area contributed by atoms with E-state index in [4.69, 9.17) is 9.47 Å². The number of nitrogens with one attached hydrogen (secondary N) is 1. The number of halogens is 2. The number of hydrogen-bond acceptors (Lipinski definition) is 4. The van der Waals surface area contributed by atoms with E-state index in [1.54, 1.807) is 6.07 Å². The zero-order valence-electron chi connectivity index (χ0n) is 11.2. The number of esters is 1. The summed E-state index contributed by atoms with van der Waals surface area (Å²) in [5.74, 6) is 0.228. The second-order valence-electron chi connectivity index (χ2n) is 4.74. The Hall–Kier alpha value is -0.590. The van der Waals surface area contributed by atoms with E-state index in [1.807, 2.05) is 6.07 Å². The Morgan fingerprint density at radius 3 is 2.75 bits per heavy atom. The summed E-state index contributed by atoms with van der Waals surface area (Å²) < 4.78 is 11.9. The van der Waals surface area contributed by atoms with Gasteiger partial charge in [-0.2, -0.15) is 0 Å². The van der Waals surface area contributed by atoms with Crippen LogP contribution < -0.4 is 5.32 Å². The Morgan fingerprint density at radius 2 is 2.10 bits per heavy atom. The van der Waals surface area contributed by atoms with E-state index in [2.05, 4.69) is 37.2 Å². The van der Waals surface area contributed by atoms with Crippen LogP contribution in [0.3, 0.4) is 0 Å². The molecule has 0 aromatic heterocycles. The number of carbonyl (C=O) groups is 1. The molecule has 2 rings (SSSR count). The minimum Gasteiger partial charge on any atom is -0.465 e. The fourth-order valence-electron chi connectivity index (χ4n) is 2.22. The van der Waals surface area contributed by atoms with Gasteiger partial charge in [-0.3, -0.25) is 0 Å². The Bertz CT molecular complexity index is 488. The van der Waals surface area contributed by atoms with Crippen LogP contribution in [-0.2, 0) is 9.47 Å². The van der Waals surface area contributed by atoms with Gasteiger partial charge in [-0.25, -0.2) is 4.79 Å². The van der Waals surface area contributed by atoms with Crippen molar-refractivity contribution in [3.8, 4) is 0 Å². The lowest BCUT2D eigenvalue weighted by atomic mass is 10.00. The molecular formula is C14H17Br2NO3. The Morgan fingerprint density at radius 1 is 1.40 bits per heavy atom. The zero-order valence-corrected chi connectivity index (χ0v) is 14.4. The first-order valence-corrected chi connectivity index (χ1v) is 8.09. The average Bonchev–Trinajstić information content (AvgIpc) is 2.46. The van der Waals surface area contributed by atoms with Crippen molar-refractivity contribution in [1.82, 2.24) is 0 Å². The van der Waals surface area contributed by atoms with Gasteiger partial charge in [0.2, 0.25) is 0 Å². The molecule has 0 spiro atoms. The third kappa shape index (κ3) is 3.96. The van der Waals surface area contributed by atoms with Crippen LogP contribution in [-0.4, -0.2) is 32.8 Å². The highest BCUT2D eigenvalue weighted by Gasteiger charge is 2.18. The van der Waals surface area contributed by atoms with Crippen LogP contribution in [0.1, 0.15) is 23.2 Å². The summed E-state index contributed by atoms with van der Waals surface area (Å²) in [6.45, 7) is 2.46. The molecule has 110 valence electrons. The molecule has 0 amide bonds. The molecule has 1 saturated heterocycles. The van der Waals surface area contributed by atoms with Gasteiger partial charge in [0.15, 0.2) is 0 Å². The van der Waals surface area contributed by atoms with E-state index in [-0.39, 0.29) is 5.97 Å². The second-order valence-corrected chi connectivity index (χ2v) is 6.51. The molecule has 0 radical (unpaired) electrons. The van der Waals surface area contributed by atoms with Gasteiger partial charge < -0.3 is 14.8 Å². The van der Waals surface area contributed by atoms with Gasteiger partial charge >= 0.3 is 5.97 Å². The molecule has 0 bridgehead atoms. The molecule has 1 aromatic carbocycles. The molecule has 1 aliphatic rings. The fourth-order valence-corrected chi connectivity index (χ4v) is 3.59. The highest BCUT2D eigenvalue weighted by molar-refractivity contribution is 9.11. The Balaban J connectivity index is 2.14. The number of ether oxygens (including phenoxy) is 2. The van der Waals surface area contributed by atoms with Crippen molar-refractivity contribution < 1.29 is 14.3 Å². The van der Waals surface area contributed by atoms with Crippen LogP contribution in [0.25, 0.3) is 0 Å². The summed E-state index contributed by atoms with van der Waals surface area (Å²) in [6.07, 6.45) is 2.10. The predicted molar refractivity (Wildman–Crippen MR) is 85.2 cm³/mol. The van der Waals surface area contributed by atoms with E-state index in [0.29, 0.717) is 11.5 Å². The maximum atomic E-state index is 11.9. The van der Waals surface area contributed by atoms with Gasteiger partial charge in [0, 0.05) is 28.7 Å². The number of benzene rings is 1. The molecule has 0 unspecified atom stereocenters. The highest BCUT2D eigenvalue weighted by atomic mass is 79.9. The van der Waals surface area contributed by atoms with Crippen LogP contribution in [0.5, 0.6) is 0 Å². The molecule has 1 aliphatic heterocycles. The van der Waals surface area contributed by atoms with Gasteiger partial charge in [-0.1, -0.05) is 15.9 Å². The molecule has 20 heavy (non-hydrogen) atoms. The van der Waals surface area contributed by atoms with Gasteiger partial charge in [-0.15, -0.1) is 0 Å². The summed E-state index contributed by atoms with van der Waals surface area (Å²) in [5.41, 5.74) is 1.31. The van der Waals surface area contributed by atoms with Gasteiger partial charge in [-0.05, 0) is 46.8 Å². The number of methoxy groups -OCH3 is 1. The molecule has 1 N–H and O–H groups in total. The molecule has 6 heteroatoms. The third-order valence-electron chi connectivity index (χ3n) is 3.37. The lowest BCUT2D eigenvalue weighted by molar-refractivity contribution is 0.0600. The highest BCUT2D eigenvalue weighted by Crippen LogP contribution is 2.32. The predicted octanol–water partition coefficient (Wildman–Crippen LogP) is 3.84. The van der Waals surface area contributed by atoms with Crippen LogP contribution in [0, 0.1) is 5.92 Å². The number of rotatable bonds is 4. The van der Waals surface area contributed by atoms with Crippen molar-refractivity contribution in [3.05, 3.63) is 26.6 Å². The van der Waals surface area contributed by atoms with Gasteiger partial charge in [0.25, 0.3) is 0 Å². The summed E-state index contributed by atoms with van der Waals surface area (Å²) in [7, 11) is 1.39. The molecule has 0 atom stereocenters. The first-order valence-electron chi connectivity index (χ1n) is 6.50. The monoisotopic (exact) mass is 405 g/mol. The Labute approximate surface area is 135 Å². The second kappa shape index (κ2) is 7.43. The molecule has 1 heterocycles. The van der Waals surface area contributed by atoms with Crippen molar-refractivity contribution in [2.45, 2.75) is 12.8 Å². The minimum atomic E-state index is -0.346. The van der Waals surface area contributed by atoms with E-state index >= 15 is 0 Å². The molecule has 1 aromatic rings. The van der Waals surface area contributed by atoms with Gasteiger partial charge in [0.1, 0.15) is 0 Å². The third-order valence-corrected chi connectivity index (χ3v) is 4.45. The van der Waals surface area contributed by atoms with Crippen molar-refractivity contribution in [2.24, 2.45) is 5.92 Å². The maximum absolute atomic E-state index is 11.9. The molecular weight excluding hydrogens is 390 g/mol. The van der Waals surface area contributed by atoms with Gasteiger partial charge in [0.05, 0.1) is 18.4 Å². The first-order chi connectivity index (χ1) is 9.61. The van der Waals surface area contributed by atoms with E-state index in [1.165, 1.54) is 7.11 Å². The van der Waals surface area contributed by atoms with E-state index in [0.717, 1.165) is 47.2 Å². The number of anilines is 1. The summed E-state index contributed by atoms with van der Waals surface area (Å²) in [4.78, 5) is 11.9.